The minimum Gasteiger partial charge on any atom is -0.508 e. The number of benzene rings is 1. The summed E-state index contributed by atoms with van der Waals surface area (Å²) in [6.07, 6.45) is 1.37. The molecule has 4 N–H and O–H groups in total. The number of nitrogens with two attached hydrogens (primary N) is 1. The molecule has 0 saturated heterocycles. The second-order valence-electron chi connectivity index (χ2n) is 5.16. The highest BCUT2D eigenvalue weighted by atomic mass is 16.3. The second-order valence-corrected chi connectivity index (χ2v) is 5.16. The lowest BCUT2D eigenvalue weighted by molar-refractivity contribution is -0.124. The molecular weight excluding hydrogens is 228 g/mol. The highest BCUT2D eigenvalue weighted by Gasteiger charge is 2.30. The van der Waals surface area contributed by atoms with Gasteiger partial charge in [-0.2, -0.15) is 0 Å². The fourth-order valence-corrected chi connectivity index (χ4v) is 1.96. The lowest BCUT2D eigenvalue weighted by atomic mass is 9.91. The number of aryl methyl sites for hydroxylation is 1. The van der Waals surface area contributed by atoms with E-state index < -0.39 is 5.54 Å². The van der Waals surface area contributed by atoms with Gasteiger partial charge in [-0.25, -0.2) is 0 Å². The maximum atomic E-state index is 11.6. The minimum atomic E-state index is -0.702. The molecule has 0 aliphatic heterocycles. The number of primary amides is 1. The molecule has 1 atom stereocenters. The Balaban J connectivity index is 2.68. The standard InChI is InChI=1S/C14H22N2O2/c1-10(2)16-14(3,13(15)18)9-8-11-4-6-12(17)7-5-11/h4-7,10,16-17H,8-9H2,1-3H3,(H2,15,18). The molecule has 0 heterocycles. The molecular formula is C14H22N2O2. The summed E-state index contributed by atoms with van der Waals surface area (Å²) in [7, 11) is 0. The van der Waals surface area contributed by atoms with Gasteiger partial charge >= 0.3 is 0 Å². The van der Waals surface area contributed by atoms with Crippen molar-refractivity contribution in [3.63, 3.8) is 0 Å². The predicted molar refractivity (Wildman–Crippen MR) is 72.3 cm³/mol. The Bertz CT molecular complexity index is 401. The zero-order valence-corrected chi connectivity index (χ0v) is 11.2. The highest BCUT2D eigenvalue weighted by molar-refractivity contribution is 5.84. The monoisotopic (exact) mass is 250 g/mol. The number of rotatable bonds is 6. The molecule has 4 nitrogen and oxygen atoms in total. The molecule has 1 rings (SSSR count). The van der Waals surface area contributed by atoms with Crippen LogP contribution < -0.4 is 11.1 Å². The van der Waals surface area contributed by atoms with Gasteiger partial charge in [0, 0.05) is 6.04 Å². The summed E-state index contributed by atoms with van der Waals surface area (Å²) in [6, 6.07) is 7.19. The van der Waals surface area contributed by atoms with Crippen molar-refractivity contribution in [3.8, 4) is 5.75 Å². The molecule has 1 amide bonds. The van der Waals surface area contributed by atoms with Crippen LogP contribution in [0.4, 0.5) is 0 Å². The van der Waals surface area contributed by atoms with Crippen molar-refractivity contribution in [2.24, 2.45) is 5.73 Å². The van der Waals surface area contributed by atoms with Crippen molar-refractivity contribution >= 4 is 5.91 Å². The predicted octanol–water partition coefficient (Wildman–Crippen LogP) is 1.57. The fourth-order valence-electron chi connectivity index (χ4n) is 1.96. The molecule has 1 aromatic carbocycles. The SMILES string of the molecule is CC(C)NC(C)(CCc1ccc(O)cc1)C(N)=O. The van der Waals surface area contributed by atoms with Gasteiger partial charge < -0.3 is 16.2 Å². The number of aromatic hydroxyl groups is 1. The van der Waals surface area contributed by atoms with Crippen LogP contribution in [0, 0.1) is 0 Å². The summed E-state index contributed by atoms with van der Waals surface area (Å²) in [4.78, 5) is 11.6. The summed E-state index contributed by atoms with van der Waals surface area (Å²) in [5, 5.41) is 12.4. The first-order valence-corrected chi connectivity index (χ1v) is 6.19. The van der Waals surface area contributed by atoms with Gasteiger partial charge in [-0.3, -0.25) is 4.79 Å². The van der Waals surface area contributed by atoms with Crippen LogP contribution in [-0.4, -0.2) is 22.6 Å². The molecule has 0 aliphatic rings. The summed E-state index contributed by atoms with van der Waals surface area (Å²) in [5.41, 5.74) is 5.84. The number of hydrogen-bond acceptors (Lipinski definition) is 3. The van der Waals surface area contributed by atoms with E-state index >= 15 is 0 Å². The molecule has 100 valence electrons. The molecule has 1 unspecified atom stereocenters. The van der Waals surface area contributed by atoms with E-state index in [1.165, 1.54) is 0 Å². The van der Waals surface area contributed by atoms with E-state index in [-0.39, 0.29) is 17.7 Å². The fraction of sp³-hybridized carbons (Fsp3) is 0.500. The Hall–Kier alpha value is -1.55. The van der Waals surface area contributed by atoms with Gasteiger partial charge in [0.1, 0.15) is 5.75 Å². The summed E-state index contributed by atoms with van der Waals surface area (Å²) in [5.74, 6) is -0.0910. The zero-order valence-electron chi connectivity index (χ0n) is 11.2. The molecule has 0 saturated carbocycles. The molecule has 0 aromatic heterocycles. The van der Waals surface area contributed by atoms with E-state index in [9.17, 15) is 9.90 Å². The summed E-state index contributed by atoms with van der Waals surface area (Å²) in [6.45, 7) is 5.80. The van der Waals surface area contributed by atoms with Gasteiger partial charge in [-0.15, -0.1) is 0 Å². The van der Waals surface area contributed by atoms with E-state index in [1.807, 2.05) is 32.9 Å². The van der Waals surface area contributed by atoms with Crippen molar-refractivity contribution in [1.82, 2.24) is 5.32 Å². The second kappa shape index (κ2) is 5.87. The molecule has 1 aromatic rings. The van der Waals surface area contributed by atoms with Gasteiger partial charge in [0.2, 0.25) is 5.91 Å². The normalized spacial score (nSPS) is 14.4. The lowest BCUT2D eigenvalue weighted by Crippen LogP contribution is -2.55. The molecule has 0 fully saturated rings. The van der Waals surface area contributed by atoms with Gasteiger partial charge in [-0.05, 0) is 51.3 Å². The van der Waals surface area contributed by atoms with Crippen LogP contribution in [0.3, 0.4) is 0 Å². The van der Waals surface area contributed by atoms with E-state index in [0.29, 0.717) is 6.42 Å². The van der Waals surface area contributed by atoms with Crippen molar-refractivity contribution in [2.45, 2.75) is 45.2 Å². The van der Waals surface area contributed by atoms with Crippen LogP contribution in [0.15, 0.2) is 24.3 Å². The van der Waals surface area contributed by atoms with E-state index in [0.717, 1.165) is 12.0 Å². The number of carbonyl (C=O) groups excluding carboxylic acids is 1. The van der Waals surface area contributed by atoms with E-state index in [2.05, 4.69) is 5.32 Å². The first-order valence-electron chi connectivity index (χ1n) is 6.19. The Labute approximate surface area is 108 Å². The van der Waals surface area contributed by atoms with Crippen LogP contribution in [0.5, 0.6) is 5.75 Å². The number of nitrogens with one attached hydrogen (secondary N) is 1. The minimum absolute atomic E-state index is 0.197. The summed E-state index contributed by atoms with van der Waals surface area (Å²) < 4.78 is 0. The Morgan fingerprint density at radius 2 is 1.94 bits per heavy atom. The van der Waals surface area contributed by atoms with Crippen molar-refractivity contribution in [2.75, 3.05) is 0 Å². The Morgan fingerprint density at radius 1 is 1.39 bits per heavy atom. The average molecular weight is 250 g/mol. The van der Waals surface area contributed by atoms with Crippen LogP contribution in [0.25, 0.3) is 0 Å². The van der Waals surface area contributed by atoms with Crippen molar-refractivity contribution in [3.05, 3.63) is 29.8 Å². The van der Waals surface area contributed by atoms with E-state index in [1.54, 1.807) is 12.1 Å². The molecule has 0 bridgehead atoms. The topological polar surface area (TPSA) is 75.3 Å². The lowest BCUT2D eigenvalue weighted by Gasteiger charge is -2.29. The smallest absolute Gasteiger partial charge is 0.237 e. The third-order valence-corrected chi connectivity index (χ3v) is 3.00. The number of amides is 1. The molecule has 0 spiro atoms. The number of phenols is 1. The van der Waals surface area contributed by atoms with Gasteiger partial charge in [0.25, 0.3) is 0 Å². The maximum Gasteiger partial charge on any atom is 0.237 e. The van der Waals surface area contributed by atoms with Crippen LogP contribution in [-0.2, 0) is 11.2 Å². The van der Waals surface area contributed by atoms with Crippen LogP contribution in [0.1, 0.15) is 32.8 Å². The van der Waals surface area contributed by atoms with Gasteiger partial charge in [0.05, 0.1) is 5.54 Å². The Morgan fingerprint density at radius 3 is 2.39 bits per heavy atom. The summed E-state index contributed by atoms with van der Waals surface area (Å²) >= 11 is 0. The number of carbonyl (C=O) groups is 1. The largest absolute Gasteiger partial charge is 0.508 e. The van der Waals surface area contributed by atoms with Crippen molar-refractivity contribution < 1.29 is 9.90 Å². The highest BCUT2D eigenvalue weighted by Crippen LogP contribution is 2.17. The quantitative estimate of drug-likeness (QED) is 0.717. The van der Waals surface area contributed by atoms with Crippen LogP contribution in [0.2, 0.25) is 0 Å². The molecule has 18 heavy (non-hydrogen) atoms. The number of phenolic OH excluding ortho intramolecular Hbond substituents is 1. The number of hydrogen-bond donors (Lipinski definition) is 3. The average Bonchev–Trinajstić information content (AvgIpc) is 2.27. The zero-order chi connectivity index (χ0) is 13.8. The van der Waals surface area contributed by atoms with Crippen LogP contribution >= 0.6 is 0 Å². The third kappa shape index (κ3) is 4.04. The van der Waals surface area contributed by atoms with Gasteiger partial charge in [0.15, 0.2) is 0 Å². The molecule has 4 heteroatoms. The molecule has 0 aliphatic carbocycles. The van der Waals surface area contributed by atoms with Crippen molar-refractivity contribution in [1.29, 1.82) is 0 Å². The molecule has 0 radical (unpaired) electrons. The first kappa shape index (κ1) is 14.5. The third-order valence-electron chi connectivity index (χ3n) is 3.00. The first-order chi connectivity index (χ1) is 8.33. The maximum absolute atomic E-state index is 11.6. The Kier molecular flexibility index (Phi) is 4.73. The van der Waals surface area contributed by atoms with Gasteiger partial charge in [-0.1, -0.05) is 12.1 Å². The van der Waals surface area contributed by atoms with E-state index in [4.69, 9.17) is 5.73 Å².